The van der Waals surface area contributed by atoms with Crippen LogP contribution in [0.1, 0.15) is 5.56 Å². The van der Waals surface area contributed by atoms with Gasteiger partial charge in [-0.15, -0.1) is 0 Å². The van der Waals surface area contributed by atoms with Crippen LogP contribution in [0.2, 0.25) is 0 Å². The maximum atomic E-state index is 13.0. The SMILES string of the molecule is O=S(=O)(F)Oc1ccc(CBr)cc1F. The lowest BCUT2D eigenvalue weighted by Gasteiger charge is -2.02. The van der Waals surface area contributed by atoms with Crippen molar-refractivity contribution in [2.45, 2.75) is 5.33 Å². The maximum absolute atomic E-state index is 13.0. The summed E-state index contributed by atoms with van der Waals surface area (Å²) in [6, 6.07) is 3.51. The van der Waals surface area contributed by atoms with E-state index in [0.29, 0.717) is 10.9 Å². The van der Waals surface area contributed by atoms with E-state index >= 15 is 0 Å². The Hall–Kier alpha value is -0.690. The van der Waals surface area contributed by atoms with E-state index in [1.807, 2.05) is 0 Å². The van der Waals surface area contributed by atoms with Crippen LogP contribution in [0, 0.1) is 5.82 Å². The molecule has 0 heterocycles. The number of rotatable bonds is 3. The zero-order valence-electron chi connectivity index (χ0n) is 6.71. The zero-order valence-corrected chi connectivity index (χ0v) is 9.11. The average molecular weight is 287 g/mol. The van der Waals surface area contributed by atoms with E-state index in [4.69, 9.17) is 0 Å². The van der Waals surface area contributed by atoms with Crippen molar-refractivity contribution in [3.05, 3.63) is 29.6 Å². The van der Waals surface area contributed by atoms with Gasteiger partial charge in [0, 0.05) is 5.33 Å². The molecular weight excluding hydrogens is 282 g/mol. The number of hydrogen-bond acceptors (Lipinski definition) is 3. The minimum atomic E-state index is -5.17. The first-order valence-corrected chi connectivity index (χ1v) is 5.84. The molecule has 14 heavy (non-hydrogen) atoms. The number of alkyl halides is 1. The highest BCUT2D eigenvalue weighted by atomic mass is 79.9. The summed E-state index contributed by atoms with van der Waals surface area (Å²) in [4.78, 5) is 0. The summed E-state index contributed by atoms with van der Waals surface area (Å²) in [6.45, 7) is 0. The zero-order chi connectivity index (χ0) is 10.8. The maximum Gasteiger partial charge on any atom is 0.488 e. The molecule has 0 aliphatic heterocycles. The molecule has 0 radical (unpaired) electrons. The van der Waals surface area contributed by atoms with Gasteiger partial charge in [-0.3, -0.25) is 0 Å². The van der Waals surface area contributed by atoms with Crippen molar-refractivity contribution in [1.82, 2.24) is 0 Å². The lowest BCUT2D eigenvalue weighted by molar-refractivity contribution is 0.423. The monoisotopic (exact) mass is 286 g/mol. The van der Waals surface area contributed by atoms with Crippen molar-refractivity contribution in [3.8, 4) is 5.75 Å². The summed E-state index contributed by atoms with van der Waals surface area (Å²) in [5.41, 5.74) is 0.589. The van der Waals surface area contributed by atoms with Crippen molar-refractivity contribution in [2.75, 3.05) is 0 Å². The number of halogens is 3. The van der Waals surface area contributed by atoms with Crippen molar-refractivity contribution < 1.29 is 20.9 Å². The van der Waals surface area contributed by atoms with Gasteiger partial charge in [0.1, 0.15) is 0 Å². The third kappa shape index (κ3) is 3.22. The quantitative estimate of drug-likeness (QED) is 0.633. The van der Waals surface area contributed by atoms with Gasteiger partial charge in [0.2, 0.25) is 0 Å². The second-order valence-corrected chi connectivity index (χ2v) is 3.89. The summed E-state index contributed by atoms with van der Waals surface area (Å²) in [6.07, 6.45) is 0. The van der Waals surface area contributed by atoms with Crippen LogP contribution < -0.4 is 4.18 Å². The Kier molecular flexibility index (Phi) is 3.43. The lowest BCUT2D eigenvalue weighted by atomic mass is 10.2. The number of hydrogen-bond donors (Lipinski definition) is 0. The van der Waals surface area contributed by atoms with E-state index in [9.17, 15) is 16.7 Å². The lowest BCUT2D eigenvalue weighted by Crippen LogP contribution is -2.03. The smallest absolute Gasteiger partial charge is 0.355 e. The molecule has 1 rings (SSSR count). The van der Waals surface area contributed by atoms with Gasteiger partial charge in [-0.05, 0) is 17.7 Å². The minimum absolute atomic E-state index is 0.409. The van der Waals surface area contributed by atoms with Crippen molar-refractivity contribution in [1.29, 1.82) is 0 Å². The van der Waals surface area contributed by atoms with Crippen LogP contribution in [0.25, 0.3) is 0 Å². The molecule has 0 atom stereocenters. The van der Waals surface area contributed by atoms with Gasteiger partial charge >= 0.3 is 10.5 Å². The third-order valence-corrected chi connectivity index (χ3v) is 2.37. The summed E-state index contributed by atoms with van der Waals surface area (Å²) in [7, 11) is -5.17. The Morgan fingerprint density at radius 1 is 1.43 bits per heavy atom. The van der Waals surface area contributed by atoms with Crippen molar-refractivity contribution in [3.63, 3.8) is 0 Å². The Morgan fingerprint density at radius 3 is 2.50 bits per heavy atom. The van der Waals surface area contributed by atoms with Crippen LogP contribution in [0.15, 0.2) is 18.2 Å². The predicted octanol–water partition coefficient (Wildman–Crippen LogP) is 2.31. The largest absolute Gasteiger partial charge is 0.488 e. The summed E-state index contributed by atoms with van der Waals surface area (Å²) < 4.78 is 48.8. The molecule has 0 saturated heterocycles. The minimum Gasteiger partial charge on any atom is -0.355 e. The number of benzene rings is 1. The molecule has 7 heteroatoms. The summed E-state index contributed by atoms with van der Waals surface area (Å²) >= 11 is 3.08. The topological polar surface area (TPSA) is 43.4 Å². The normalized spacial score (nSPS) is 11.4. The molecule has 0 amide bonds. The Morgan fingerprint density at radius 2 is 2.07 bits per heavy atom. The van der Waals surface area contributed by atoms with Crippen LogP contribution in [0.5, 0.6) is 5.75 Å². The van der Waals surface area contributed by atoms with E-state index in [1.54, 1.807) is 0 Å². The fourth-order valence-corrected chi connectivity index (χ4v) is 1.50. The molecule has 0 saturated carbocycles. The standard InChI is InChI=1S/C7H5BrF2O3S/c8-4-5-1-2-7(6(9)3-5)13-14(10,11)12/h1-3H,4H2. The van der Waals surface area contributed by atoms with Crippen molar-refractivity contribution in [2.24, 2.45) is 0 Å². The van der Waals surface area contributed by atoms with Crippen molar-refractivity contribution >= 4 is 26.4 Å². The van der Waals surface area contributed by atoms with Crippen LogP contribution in [0.4, 0.5) is 8.28 Å². The van der Waals surface area contributed by atoms with Gasteiger partial charge < -0.3 is 4.18 Å². The summed E-state index contributed by atoms with van der Waals surface area (Å²) in [5, 5.41) is 0.409. The molecule has 0 aliphatic carbocycles. The first-order chi connectivity index (χ1) is 6.42. The molecule has 1 aromatic rings. The Labute approximate surface area is 88.2 Å². The molecule has 1 aromatic carbocycles. The van der Waals surface area contributed by atoms with Gasteiger partial charge in [-0.1, -0.05) is 25.9 Å². The Balaban J connectivity index is 3.01. The van der Waals surface area contributed by atoms with Gasteiger partial charge in [-0.2, -0.15) is 8.42 Å². The fraction of sp³-hybridized carbons (Fsp3) is 0.143. The second-order valence-electron chi connectivity index (χ2n) is 2.37. The predicted molar refractivity (Wildman–Crippen MR) is 49.7 cm³/mol. The van der Waals surface area contributed by atoms with Crippen LogP contribution >= 0.6 is 15.9 Å². The van der Waals surface area contributed by atoms with Gasteiger partial charge in [0.15, 0.2) is 11.6 Å². The average Bonchev–Trinajstić information content (AvgIpc) is 2.06. The molecule has 0 bridgehead atoms. The van der Waals surface area contributed by atoms with Gasteiger partial charge in [-0.25, -0.2) is 4.39 Å². The highest BCUT2D eigenvalue weighted by Crippen LogP contribution is 2.21. The van der Waals surface area contributed by atoms with Crippen LogP contribution in [-0.2, 0) is 15.8 Å². The molecule has 0 spiro atoms. The first-order valence-electron chi connectivity index (χ1n) is 3.41. The van der Waals surface area contributed by atoms with E-state index in [2.05, 4.69) is 20.1 Å². The van der Waals surface area contributed by atoms with Gasteiger partial charge in [0.25, 0.3) is 0 Å². The molecule has 0 N–H and O–H groups in total. The van der Waals surface area contributed by atoms with E-state index in [0.717, 1.165) is 12.1 Å². The van der Waals surface area contributed by atoms with E-state index < -0.39 is 22.1 Å². The fourth-order valence-electron chi connectivity index (χ4n) is 0.802. The van der Waals surface area contributed by atoms with Gasteiger partial charge in [0.05, 0.1) is 0 Å². The molecular formula is C7H5BrF2O3S. The van der Waals surface area contributed by atoms with E-state index in [-0.39, 0.29) is 0 Å². The van der Waals surface area contributed by atoms with Crippen LogP contribution in [-0.4, -0.2) is 8.42 Å². The highest BCUT2D eigenvalue weighted by molar-refractivity contribution is 9.08. The molecule has 78 valence electrons. The summed E-state index contributed by atoms with van der Waals surface area (Å²) in [5.74, 6) is -1.58. The second kappa shape index (κ2) is 4.22. The van der Waals surface area contributed by atoms with Crippen LogP contribution in [0.3, 0.4) is 0 Å². The molecule has 0 aliphatic rings. The Bertz CT molecular complexity index is 433. The molecule has 3 nitrogen and oxygen atoms in total. The molecule has 0 fully saturated rings. The molecule has 0 unspecified atom stereocenters. The first kappa shape index (κ1) is 11.4. The van der Waals surface area contributed by atoms with E-state index in [1.165, 1.54) is 6.07 Å². The highest BCUT2D eigenvalue weighted by Gasteiger charge is 2.13. The third-order valence-electron chi connectivity index (χ3n) is 1.34. The molecule has 0 aromatic heterocycles.